The highest BCUT2D eigenvalue weighted by Gasteiger charge is 2.32. The van der Waals surface area contributed by atoms with Gasteiger partial charge in [0.25, 0.3) is 0 Å². The zero-order chi connectivity index (χ0) is 14.5. The summed E-state index contributed by atoms with van der Waals surface area (Å²) in [4.78, 5) is 22.7. The van der Waals surface area contributed by atoms with E-state index in [2.05, 4.69) is 15.7 Å². The largest absolute Gasteiger partial charge is 0.480 e. The van der Waals surface area contributed by atoms with Gasteiger partial charge in [-0.15, -0.1) is 0 Å². The maximum atomic E-state index is 11.7. The number of carboxylic acid groups (broad SMARTS) is 1. The zero-order valence-electron chi connectivity index (χ0n) is 11.4. The minimum atomic E-state index is -1.25. The number of urea groups is 1. The summed E-state index contributed by atoms with van der Waals surface area (Å²) in [5, 5.41) is 18.2. The second kappa shape index (κ2) is 6.21. The molecular weight excluding hydrogens is 248 g/mol. The number of aryl methyl sites for hydroxylation is 1. The van der Waals surface area contributed by atoms with Crippen LogP contribution in [-0.4, -0.2) is 32.4 Å². The molecule has 1 atom stereocenters. The Labute approximate surface area is 112 Å². The van der Waals surface area contributed by atoms with Gasteiger partial charge >= 0.3 is 12.0 Å². The normalized spacial score (nSPS) is 13.6. The van der Waals surface area contributed by atoms with E-state index >= 15 is 0 Å². The molecule has 1 heterocycles. The molecule has 3 N–H and O–H groups in total. The van der Waals surface area contributed by atoms with E-state index in [-0.39, 0.29) is 0 Å². The highest BCUT2D eigenvalue weighted by Crippen LogP contribution is 2.08. The summed E-state index contributed by atoms with van der Waals surface area (Å²) in [5.41, 5.74) is -0.386. The Morgan fingerprint density at radius 2 is 2.16 bits per heavy atom. The third-order valence-electron chi connectivity index (χ3n) is 3.03. The molecule has 0 aromatic carbocycles. The van der Waals surface area contributed by atoms with E-state index in [0.29, 0.717) is 13.0 Å². The van der Waals surface area contributed by atoms with Crippen LogP contribution in [0.15, 0.2) is 12.4 Å². The van der Waals surface area contributed by atoms with Gasteiger partial charge in [-0.1, -0.05) is 6.92 Å². The van der Waals surface area contributed by atoms with Crippen LogP contribution in [0, 0.1) is 0 Å². The van der Waals surface area contributed by atoms with Gasteiger partial charge in [0.05, 0.1) is 6.20 Å². The Morgan fingerprint density at radius 1 is 1.47 bits per heavy atom. The number of carbonyl (C=O) groups is 2. The SMILES string of the molecule is CCn1cc(CNC(=O)NC(C)(CC)C(=O)O)cn1. The molecule has 1 aromatic rings. The Hall–Kier alpha value is -2.05. The van der Waals surface area contributed by atoms with Crippen molar-refractivity contribution in [2.24, 2.45) is 0 Å². The summed E-state index contributed by atoms with van der Waals surface area (Å²) in [5.74, 6) is -1.05. The number of hydrogen-bond donors (Lipinski definition) is 3. The molecular formula is C12H20N4O3. The molecule has 2 amide bonds. The summed E-state index contributed by atoms with van der Waals surface area (Å²) in [6, 6.07) is -0.504. The Morgan fingerprint density at radius 3 is 2.63 bits per heavy atom. The summed E-state index contributed by atoms with van der Waals surface area (Å²) in [6.45, 7) is 6.23. The molecule has 7 nitrogen and oxygen atoms in total. The van der Waals surface area contributed by atoms with Gasteiger partial charge in [-0.3, -0.25) is 4.68 Å². The van der Waals surface area contributed by atoms with E-state index in [1.165, 1.54) is 6.92 Å². The lowest BCUT2D eigenvalue weighted by atomic mass is 10.00. The molecule has 1 unspecified atom stereocenters. The number of rotatable bonds is 6. The first kappa shape index (κ1) is 15.0. The van der Waals surface area contributed by atoms with Crippen LogP contribution < -0.4 is 10.6 Å². The van der Waals surface area contributed by atoms with Crippen molar-refractivity contribution in [3.63, 3.8) is 0 Å². The number of nitrogens with zero attached hydrogens (tertiary/aromatic N) is 2. The minimum absolute atomic E-state index is 0.309. The Kier molecular flexibility index (Phi) is 4.91. The number of hydrogen-bond acceptors (Lipinski definition) is 3. The molecule has 0 radical (unpaired) electrons. The maximum absolute atomic E-state index is 11.7. The molecule has 1 aromatic heterocycles. The zero-order valence-corrected chi connectivity index (χ0v) is 11.4. The summed E-state index contributed by atoms with van der Waals surface area (Å²) < 4.78 is 1.75. The van der Waals surface area contributed by atoms with Crippen molar-refractivity contribution >= 4 is 12.0 Å². The first-order chi connectivity index (χ1) is 8.91. The van der Waals surface area contributed by atoms with E-state index in [1.807, 2.05) is 13.1 Å². The van der Waals surface area contributed by atoms with Crippen LogP contribution in [0.5, 0.6) is 0 Å². The van der Waals surface area contributed by atoms with Crippen LogP contribution >= 0.6 is 0 Å². The summed E-state index contributed by atoms with van der Waals surface area (Å²) in [6.07, 6.45) is 3.81. The van der Waals surface area contributed by atoms with Crippen molar-refractivity contribution in [2.75, 3.05) is 0 Å². The van der Waals surface area contributed by atoms with Crippen LogP contribution in [0.3, 0.4) is 0 Å². The standard InChI is InChI=1S/C12H20N4O3/c1-4-12(3,10(17)18)15-11(19)13-6-9-7-14-16(5-2)8-9/h7-8H,4-6H2,1-3H3,(H,17,18)(H2,13,15,19). The lowest BCUT2D eigenvalue weighted by Crippen LogP contribution is -2.54. The predicted molar refractivity (Wildman–Crippen MR) is 69.6 cm³/mol. The lowest BCUT2D eigenvalue weighted by Gasteiger charge is -2.24. The quantitative estimate of drug-likeness (QED) is 0.715. The second-order valence-electron chi connectivity index (χ2n) is 4.50. The highest BCUT2D eigenvalue weighted by atomic mass is 16.4. The fourth-order valence-electron chi connectivity index (χ4n) is 1.44. The van der Waals surface area contributed by atoms with Crippen molar-refractivity contribution in [1.29, 1.82) is 0 Å². The maximum Gasteiger partial charge on any atom is 0.329 e. The smallest absolute Gasteiger partial charge is 0.329 e. The molecule has 0 saturated heterocycles. The first-order valence-electron chi connectivity index (χ1n) is 6.22. The van der Waals surface area contributed by atoms with Crippen molar-refractivity contribution < 1.29 is 14.7 Å². The van der Waals surface area contributed by atoms with Gasteiger partial charge < -0.3 is 15.7 Å². The van der Waals surface area contributed by atoms with E-state index in [1.54, 1.807) is 17.8 Å². The predicted octanol–water partition coefficient (Wildman–Crippen LogP) is 0.955. The van der Waals surface area contributed by atoms with Crippen molar-refractivity contribution in [3.05, 3.63) is 18.0 Å². The van der Waals surface area contributed by atoms with Gasteiger partial charge in [0.1, 0.15) is 5.54 Å². The topological polar surface area (TPSA) is 96.2 Å². The summed E-state index contributed by atoms with van der Waals surface area (Å²) in [7, 11) is 0. The lowest BCUT2D eigenvalue weighted by molar-refractivity contribution is -0.143. The van der Waals surface area contributed by atoms with E-state index in [9.17, 15) is 9.59 Å². The Bertz CT molecular complexity index is 458. The van der Waals surface area contributed by atoms with Gasteiger partial charge in [-0.2, -0.15) is 5.10 Å². The van der Waals surface area contributed by atoms with Gasteiger partial charge in [-0.25, -0.2) is 9.59 Å². The van der Waals surface area contributed by atoms with Crippen LogP contribution in [0.4, 0.5) is 4.79 Å². The second-order valence-corrected chi connectivity index (χ2v) is 4.50. The Balaban J connectivity index is 2.49. The average molecular weight is 268 g/mol. The fourth-order valence-corrected chi connectivity index (χ4v) is 1.44. The van der Waals surface area contributed by atoms with Crippen molar-refractivity contribution in [2.45, 2.75) is 45.8 Å². The summed E-state index contributed by atoms with van der Waals surface area (Å²) >= 11 is 0. The van der Waals surface area contributed by atoms with Crippen molar-refractivity contribution in [3.8, 4) is 0 Å². The minimum Gasteiger partial charge on any atom is -0.480 e. The first-order valence-corrected chi connectivity index (χ1v) is 6.22. The molecule has 0 bridgehead atoms. The molecule has 106 valence electrons. The average Bonchev–Trinajstić information content (AvgIpc) is 2.84. The number of nitrogens with one attached hydrogen (secondary N) is 2. The molecule has 7 heteroatoms. The monoisotopic (exact) mass is 268 g/mol. The third-order valence-corrected chi connectivity index (χ3v) is 3.03. The third kappa shape index (κ3) is 3.97. The van der Waals surface area contributed by atoms with Crippen molar-refractivity contribution in [1.82, 2.24) is 20.4 Å². The molecule has 0 aliphatic rings. The van der Waals surface area contributed by atoms with Crippen LogP contribution in [0.25, 0.3) is 0 Å². The van der Waals surface area contributed by atoms with Gasteiger partial charge in [-0.05, 0) is 20.3 Å². The molecule has 1 rings (SSSR count). The number of aliphatic carboxylic acids is 1. The van der Waals surface area contributed by atoms with E-state index < -0.39 is 17.5 Å². The van der Waals surface area contributed by atoms with Crippen LogP contribution in [0.1, 0.15) is 32.8 Å². The molecule has 0 saturated carbocycles. The van der Waals surface area contributed by atoms with E-state index in [4.69, 9.17) is 5.11 Å². The van der Waals surface area contributed by atoms with E-state index in [0.717, 1.165) is 12.1 Å². The van der Waals surface area contributed by atoms with Gasteiger partial charge in [0, 0.05) is 24.8 Å². The number of carboxylic acids is 1. The van der Waals surface area contributed by atoms with Crippen LogP contribution in [-0.2, 0) is 17.9 Å². The number of carbonyl (C=O) groups excluding carboxylic acids is 1. The van der Waals surface area contributed by atoms with Gasteiger partial charge in [0.2, 0.25) is 0 Å². The molecule has 0 spiro atoms. The molecule has 0 fully saturated rings. The molecule has 0 aliphatic heterocycles. The van der Waals surface area contributed by atoms with Gasteiger partial charge in [0.15, 0.2) is 0 Å². The number of amides is 2. The molecule has 19 heavy (non-hydrogen) atoms. The molecule has 0 aliphatic carbocycles. The fraction of sp³-hybridized carbons (Fsp3) is 0.583. The van der Waals surface area contributed by atoms with Crippen LogP contribution in [0.2, 0.25) is 0 Å². The highest BCUT2D eigenvalue weighted by molar-refractivity contribution is 5.85. The number of aromatic nitrogens is 2.